The number of amides is 1. The summed E-state index contributed by atoms with van der Waals surface area (Å²) in [5.74, 6) is 0.0601. The third-order valence-electron chi connectivity index (χ3n) is 1.78. The Morgan fingerprint density at radius 1 is 1.24 bits per heavy atom. The van der Waals surface area contributed by atoms with Gasteiger partial charge in [0.15, 0.2) is 0 Å². The molecular formula is C10H21NO4SSi. The van der Waals surface area contributed by atoms with Crippen molar-refractivity contribution in [2.45, 2.75) is 25.7 Å². The molecule has 0 aliphatic rings. The molecule has 0 saturated heterocycles. The summed E-state index contributed by atoms with van der Waals surface area (Å²) in [6.45, 7) is 6.75. The number of alkyl carbamates (subject to hydrolysis) is 1. The second-order valence-corrected chi connectivity index (χ2v) is 11.8. The molecule has 5 nitrogen and oxygen atoms in total. The molecule has 0 aromatic heterocycles. The van der Waals surface area contributed by atoms with E-state index < -0.39 is 26.2 Å². The van der Waals surface area contributed by atoms with Gasteiger partial charge in [0, 0.05) is 5.75 Å². The first-order chi connectivity index (χ1) is 7.80. The molecular weight excluding hydrogens is 258 g/mol. The molecule has 0 rings (SSSR count). The van der Waals surface area contributed by atoms with Crippen LogP contribution in [0.4, 0.5) is 4.79 Å². The number of thioether (sulfide) groups is 1. The van der Waals surface area contributed by atoms with Gasteiger partial charge in [-0.3, -0.25) is 0 Å². The summed E-state index contributed by atoms with van der Waals surface area (Å²) in [6.07, 6.45) is -0.617. The largest absolute Gasteiger partial charge is 0.467 e. The Morgan fingerprint density at radius 2 is 1.82 bits per heavy atom. The van der Waals surface area contributed by atoms with Gasteiger partial charge in [0.05, 0.1) is 22.3 Å². The zero-order valence-corrected chi connectivity index (χ0v) is 12.8. The van der Waals surface area contributed by atoms with Crippen LogP contribution < -0.4 is 5.32 Å². The van der Waals surface area contributed by atoms with E-state index in [1.54, 1.807) is 11.8 Å². The van der Waals surface area contributed by atoms with E-state index in [1.807, 2.05) is 0 Å². The molecule has 0 saturated carbocycles. The summed E-state index contributed by atoms with van der Waals surface area (Å²) in [6, 6.07) is -0.645. The van der Waals surface area contributed by atoms with Crippen LogP contribution >= 0.6 is 11.8 Å². The van der Waals surface area contributed by atoms with Crippen molar-refractivity contribution in [2.75, 3.05) is 25.3 Å². The van der Waals surface area contributed by atoms with Crippen molar-refractivity contribution in [3.8, 4) is 0 Å². The Kier molecular flexibility index (Phi) is 7.29. The maximum absolute atomic E-state index is 11.4. The molecule has 0 aromatic carbocycles. The van der Waals surface area contributed by atoms with Gasteiger partial charge >= 0.3 is 12.1 Å². The Labute approximate surface area is 108 Å². The van der Waals surface area contributed by atoms with Crippen LogP contribution in [0, 0.1) is 0 Å². The fourth-order valence-corrected chi connectivity index (χ4v) is 4.37. The van der Waals surface area contributed by atoms with Crippen LogP contribution in [0.3, 0.4) is 0 Å². The van der Waals surface area contributed by atoms with Crippen LogP contribution in [0.2, 0.25) is 19.6 Å². The highest BCUT2D eigenvalue weighted by atomic mass is 32.2. The minimum Gasteiger partial charge on any atom is -0.467 e. The maximum atomic E-state index is 11.4. The first kappa shape index (κ1) is 16.3. The van der Waals surface area contributed by atoms with Crippen LogP contribution in [-0.2, 0) is 14.3 Å². The summed E-state index contributed by atoms with van der Waals surface area (Å²) in [5, 5.41) is 3.49. The number of hydrogen-bond donors (Lipinski definition) is 1. The smallest absolute Gasteiger partial charge is 0.407 e. The fourth-order valence-electron chi connectivity index (χ4n) is 0.995. The maximum Gasteiger partial charge on any atom is 0.407 e. The van der Waals surface area contributed by atoms with Crippen LogP contribution in [0.15, 0.2) is 0 Å². The first-order valence-electron chi connectivity index (χ1n) is 5.30. The van der Waals surface area contributed by atoms with Gasteiger partial charge in [0.25, 0.3) is 0 Å². The molecule has 0 radical (unpaired) electrons. The third kappa shape index (κ3) is 8.09. The Bertz CT molecular complexity index is 268. The standard InChI is InChI=1S/C10H21NO4SSi/c1-14-9(12)8(11-10(13)15-2)6-16-7-17(3,4)5/h8H,6-7H2,1-5H3,(H,11,13)/t8-/m1/s1. The number of nitrogens with one attached hydrogen (secondary N) is 1. The van der Waals surface area contributed by atoms with Gasteiger partial charge in [-0.05, 0) is 5.38 Å². The van der Waals surface area contributed by atoms with Crippen molar-refractivity contribution in [1.29, 1.82) is 0 Å². The van der Waals surface area contributed by atoms with Crippen molar-refractivity contribution in [3.63, 3.8) is 0 Å². The summed E-state index contributed by atoms with van der Waals surface area (Å²) in [7, 11) is 1.42. The average Bonchev–Trinajstić information content (AvgIpc) is 2.24. The van der Waals surface area contributed by atoms with Crippen molar-refractivity contribution in [3.05, 3.63) is 0 Å². The second kappa shape index (κ2) is 7.60. The molecule has 17 heavy (non-hydrogen) atoms. The third-order valence-corrected chi connectivity index (χ3v) is 6.63. The lowest BCUT2D eigenvalue weighted by atomic mass is 10.3. The normalized spacial score (nSPS) is 12.8. The van der Waals surface area contributed by atoms with Crippen LogP contribution in [0.1, 0.15) is 0 Å². The molecule has 0 aliphatic carbocycles. The summed E-state index contributed by atoms with van der Waals surface area (Å²) in [5.41, 5.74) is 0. The Morgan fingerprint density at radius 3 is 2.24 bits per heavy atom. The topological polar surface area (TPSA) is 64.6 Å². The molecule has 1 N–H and O–H groups in total. The minimum absolute atomic E-state index is 0.446. The molecule has 0 heterocycles. The van der Waals surface area contributed by atoms with Crippen molar-refractivity contribution < 1.29 is 19.1 Å². The molecule has 0 spiro atoms. The van der Waals surface area contributed by atoms with Gasteiger partial charge in [-0.2, -0.15) is 11.8 Å². The predicted octanol–water partition coefficient (Wildman–Crippen LogP) is 1.49. The first-order valence-corrected chi connectivity index (χ1v) is 10.2. The molecule has 0 fully saturated rings. The van der Waals surface area contributed by atoms with Gasteiger partial charge in [-0.25, -0.2) is 9.59 Å². The van der Waals surface area contributed by atoms with Crippen LogP contribution in [0.25, 0.3) is 0 Å². The lowest BCUT2D eigenvalue weighted by molar-refractivity contribution is -0.142. The number of rotatable bonds is 6. The van der Waals surface area contributed by atoms with E-state index in [0.29, 0.717) is 5.75 Å². The Balaban J connectivity index is 4.21. The lowest BCUT2D eigenvalue weighted by Crippen LogP contribution is -2.43. The molecule has 7 heteroatoms. The van der Waals surface area contributed by atoms with E-state index in [9.17, 15) is 9.59 Å². The van der Waals surface area contributed by atoms with Crippen LogP contribution in [-0.4, -0.2) is 51.5 Å². The zero-order valence-electron chi connectivity index (χ0n) is 11.0. The van der Waals surface area contributed by atoms with E-state index in [0.717, 1.165) is 5.38 Å². The van der Waals surface area contributed by atoms with E-state index >= 15 is 0 Å². The summed E-state index contributed by atoms with van der Waals surface area (Å²) >= 11 is 1.66. The molecule has 1 amide bonds. The van der Waals surface area contributed by atoms with Crippen LogP contribution in [0.5, 0.6) is 0 Å². The number of carbonyl (C=O) groups excluding carboxylic acids is 2. The van der Waals surface area contributed by atoms with E-state index in [1.165, 1.54) is 14.2 Å². The van der Waals surface area contributed by atoms with E-state index in [2.05, 4.69) is 34.4 Å². The van der Waals surface area contributed by atoms with Gasteiger partial charge in [0.2, 0.25) is 0 Å². The van der Waals surface area contributed by atoms with E-state index in [4.69, 9.17) is 0 Å². The molecule has 0 bridgehead atoms. The summed E-state index contributed by atoms with van der Waals surface area (Å²) < 4.78 is 9.09. The van der Waals surface area contributed by atoms with E-state index in [-0.39, 0.29) is 0 Å². The Hall–Kier alpha value is -0.693. The highest BCUT2D eigenvalue weighted by molar-refractivity contribution is 8.00. The second-order valence-electron chi connectivity index (χ2n) is 4.79. The fraction of sp³-hybridized carbons (Fsp3) is 0.800. The molecule has 1 atom stereocenters. The molecule has 0 aliphatic heterocycles. The van der Waals surface area contributed by atoms with Gasteiger partial charge in [-0.1, -0.05) is 19.6 Å². The SMILES string of the molecule is COC(=O)N[C@H](CSC[Si](C)(C)C)C(=O)OC. The highest BCUT2D eigenvalue weighted by Gasteiger charge is 2.23. The quantitative estimate of drug-likeness (QED) is 0.589. The van der Waals surface area contributed by atoms with Crippen molar-refractivity contribution in [2.24, 2.45) is 0 Å². The molecule has 100 valence electrons. The zero-order chi connectivity index (χ0) is 13.5. The lowest BCUT2D eigenvalue weighted by Gasteiger charge is -2.18. The van der Waals surface area contributed by atoms with Crippen molar-refractivity contribution in [1.82, 2.24) is 5.32 Å². The average molecular weight is 279 g/mol. The van der Waals surface area contributed by atoms with Gasteiger partial charge in [-0.15, -0.1) is 0 Å². The monoisotopic (exact) mass is 279 g/mol. The molecule has 0 aromatic rings. The number of ether oxygens (including phenoxy) is 2. The van der Waals surface area contributed by atoms with Crippen molar-refractivity contribution >= 4 is 31.9 Å². The van der Waals surface area contributed by atoms with Gasteiger partial charge < -0.3 is 14.8 Å². The minimum atomic E-state index is -1.15. The number of hydrogen-bond acceptors (Lipinski definition) is 5. The van der Waals surface area contributed by atoms with Gasteiger partial charge in [0.1, 0.15) is 6.04 Å². The molecule has 0 unspecified atom stereocenters. The summed E-state index contributed by atoms with van der Waals surface area (Å²) in [4.78, 5) is 22.5. The highest BCUT2D eigenvalue weighted by Crippen LogP contribution is 2.13. The number of methoxy groups -OCH3 is 2. The number of esters is 1. The number of carbonyl (C=O) groups is 2. The predicted molar refractivity (Wildman–Crippen MR) is 72.0 cm³/mol.